The van der Waals surface area contributed by atoms with Crippen molar-refractivity contribution in [1.29, 1.82) is 0 Å². The van der Waals surface area contributed by atoms with Crippen LogP contribution in [0.15, 0.2) is 18.2 Å². The van der Waals surface area contributed by atoms with E-state index in [9.17, 15) is 9.18 Å². The minimum absolute atomic E-state index is 0.00939. The third kappa shape index (κ3) is 2.74. The molecule has 1 aromatic rings. The topological polar surface area (TPSA) is 64.3 Å². The summed E-state index contributed by atoms with van der Waals surface area (Å²) < 4.78 is 18.4. The van der Waals surface area contributed by atoms with Crippen LogP contribution in [0.3, 0.4) is 0 Å². The van der Waals surface area contributed by atoms with Crippen molar-refractivity contribution in [3.05, 3.63) is 29.6 Å². The average Bonchev–Trinajstić information content (AvgIpc) is 2.63. The number of nitrogen functional groups attached to an aromatic ring is 1. The fourth-order valence-corrected chi connectivity index (χ4v) is 1.92. The van der Waals surface area contributed by atoms with Gasteiger partial charge in [0.2, 0.25) is 0 Å². The number of benzene rings is 1. The van der Waals surface area contributed by atoms with Crippen molar-refractivity contribution in [1.82, 2.24) is 5.32 Å². The molecule has 0 spiro atoms. The van der Waals surface area contributed by atoms with Gasteiger partial charge >= 0.3 is 0 Å². The molecule has 0 aliphatic carbocycles. The molecule has 1 aromatic carbocycles. The molecule has 1 aliphatic rings. The highest BCUT2D eigenvalue weighted by atomic mass is 19.1. The molecule has 92 valence electrons. The Kier molecular flexibility index (Phi) is 3.28. The lowest BCUT2D eigenvalue weighted by Crippen LogP contribution is -2.39. The summed E-state index contributed by atoms with van der Waals surface area (Å²) in [7, 11) is 0. The molecule has 3 N–H and O–H groups in total. The monoisotopic (exact) mass is 238 g/mol. The molecule has 4 nitrogen and oxygen atoms in total. The minimum Gasteiger partial charge on any atom is -0.399 e. The third-order valence-corrected chi connectivity index (χ3v) is 2.88. The molecule has 2 unspecified atom stereocenters. The van der Waals surface area contributed by atoms with E-state index >= 15 is 0 Å². The number of hydrogen-bond donors (Lipinski definition) is 2. The molecule has 0 radical (unpaired) electrons. The zero-order valence-corrected chi connectivity index (χ0v) is 9.57. The van der Waals surface area contributed by atoms with Gasteiger partial charge in [0.1, 0.15) is 5.82 Å². The largest absolute Gasteiger partial charge is 0.399 e. The van der Waals surface area contributed by atoms with Crippen LogP contribution < -0.4 is 11.1 Å². The van der Waals surface area contributed by atoms with Crippen molar-refractivity contribution < 1.29 is 13.9 Å². The van der Waals surface area contributed by atoms with Crippen LogP contribution in [-0.2, 0) is 4.74 Å². The van der Waals surface area contributed by atoms with E-state index in [1.807, 2.05) is 6.92 Å². The quantitative estimate of drug-likeness (QED) is 0.764. The van der Waals surface area contributed by atoms with E-state index in [-0.39, 0.29) is 29.3 Å². The summed E-state index contributed by atoms with van der Waals surface area (Å²) in [4.78, 5) is 11.9. The molecular weight excluding hydrogens is 223 g/mol. The maximum atomic E-state index is 13.1. The van der Waals surface area contributed by atoms with Gasteiger partial charge in [0.15, 0.2) is 0 Å². The Bertz CT molecular complexity index is 416. The molecule has 2 atom stereocenters. The van der Waals surface area contributed by atoms with Crippen LogP contribution in [0.1, 0.15) is 23.7 Å². The zero-order valence-electron chi connectivity index (χ0n) is 9.57. The summed E-state index contributed by atoms with van der Waals surface area (Å²) >= 11 is 0. The van der Waals surface area contributed by atoms with E-state index in [2.05, 4.69) is 5.32 Å². The Morgan fingerprint density at radius 1 is 1.53 bits per heavy atom. The second kappa shape index (κ2) is 4.71. The summed E-state index contributed by atoms with van der Waals surface area (Å²) in [5, 5.41) is 2.81. The van der Waals surface area contributed by atoms with Crippen molar-refractivity contribution >= 4 is 11.6 Å². The van der Waals surface area contributed by atoms with Gasteiger partial charge < -0.3 is 15.8 Å². The number of rotatable bonds is 2. The fraction of sp³-hybridized carbons (Fsp3) is 0.417. The Morgan fingerprint density at radius 2 is 2.29 bits per heavy atom. The lowest BCUT2D eigenvalue weighted by molar-refractivity contribution is 0.0866. The second-order valence-electron chi connectivity index (χ2n) is 4.22. The number of halogens is 1. The first kappa shape index (κ1) is 11.9. The number of nitrogens with two attached hydrogens (primary N) is 1. The number of nitrogens with one attached hydrogen (secondary N) is 1. The SMILES string of the molecule is CC1OCCC1NC(=O)c1cc(N)cc(F)c1. The summed E-state index contributed by atoms with van der Waals surface area (Å²) in [5.74, 6) is -0.829. The van der Waals surface area contributed by atoms with Gasteiger partial charge in [-0.05, 0) is 31.5 Å². The number of carbonyl (C=O) groups is 1. The summed E-state index contributed by atoms with van der Waals surface area (Å²) in [6, 6.07) is 3.79. The molecule has 5 heteroatoms. The van der Waals surface area contributed by atoms with Crippen LogP contribution in [0, 0.1) is 5.82 Å². The van der Waals surface area contributed by atoms with E-state index in [1.165, 1.54) is 18.2 Å². The first-order valence-corrected chi connectivity index (χ1v) is 5.55. The normalized spacial score (nSPS) is 23.6. The molecule has 2 rings (SSSR count). The molecule has 0 saturated carbocycles. The molecule has 1 amide bonds. The van der Waals surface area contributed by atoms with E-state index < -0.39 is 5.82 Å². The molecule has 0 aromatic heterocycles. The third-order valence-electron chi connectivity index (χ3n) is 2.88. The fourth-order valence-electron chi connectivity index (χ4n) is 1.92. The van der Waals surface area contributed by atoms with Gasteiger partial charge in [-0.3, -0.25) is 4.79 Å². The molecule has 1 saturated heterocycles. The molecular formula is C12H15FN2O2. The summed E-state index contributed by atoms with van der Waals surface area (Å²) in [6.07, 6.45) is 0.766. The van der Waals surface area contributed by atoms with Crippen molar-refractivity contribution in [2.75, 3.05) is 12.3 Å². The number of amides is 1. The van der Waals surface area contributed by atoms with Crippen LogP contribution in [0.25, 0.3) is 0 Å². The Hall–Kier alpha value is -1.62. The highest BCUT2D eigenvalue weighted by Gasteiger charge is 2.26. The minimum atomic E-state index is -0.508. The Labute approximate surface area is 98.9 Å². The number of carbonyl (C=O) groups excluding carboxylic acids is 1. The Morgan fingerprint density at radius 3 is 2.88 bits per heavy atom. The van der Waals surface area contributed by atoms with Crippen molar-refractivity contribution in [2.24, 2.45) is 0 Å². The van der Waals surface area contributed by atoms with Gasteiger partial charge in [-0.25, -0.2) is 4.39 Å². The maximum Gasteiger partial charge on any atom is 0.251 e. The maximum absolute atomic E-state index is 13.1. The smallest absolute Gasteiger partial charge is 0.251 e. The lowest BCUT2D eigenvalue weighted by atomic mass is 10.1. The van der Waals surface area contributed by atoms with Gasteiger partial charge in [0, 0.05) is 17.9 Å². The van der Waals surface area contributed by atoms with Gasteiger partial charge in [-0.15, -0.1) is 0 Å². The Balaban J connectivity index is 2.09. The summed E-state index contributed by atoms with van der Waals surface area (Å²) in [5.41, 5.74) is 5.97. The first-order chi connectivity index (χ1) is 8.06. The van der Waals surface area contributed by atoms with Crippen molar-refractivity contribution in [3.8, 4) is 0 Å². The zero-order chi connectivity index (χ0) is 12.4. The van der Waals surface area contributed by atoms with E-state index in [1.54, 1.807) is 0 Å². The second-order valence-corrected chi connectivity index (χ2v) is 4.22. The van der Waals surface area contributed by atoms with Crippen LogP contribution >= 0.6 is 0 Å². The van der Waals surface area contributed by atoms with Crippen molar-refractivity contribution in [2.45, 2.75) is 25.5 Å². The summed E-state index contributed by atoms with van der Waals surface area (Å²) in [6.45, 7) is 2.54. The molecule has 0 bridgehead atoms. The first-order valence-electron chi connectivity index (χ1n) is 5.55. The molecule has 1 heterocycles. The van der Waals surface area contributed by atoms with Crippen LogP contribution in [0.4, 0.5) is 10.1 Å². The van der Waals surface area contributed by atoms with E-state index in [0.717, 1.165) is 6.42 Å². The lowest BCUT2D eigenvalue weighted by Gasteiger charge is -2.16. The van der Waals surface area contributed by atoms with E-state index in [4.69, 9.17) is 10.5 Å². The predicted molar refractivity (Wildman–Crippen MR) is 62.1 cm³/mol. The van der Waals surface area contributed by atoms with Crippen molar-refractivity contribution in [3.63, 3.8) is 0 Å². The van der Waals surface area contributed by atoms with Gasteiger partial charge in [0.25, 0.3) is 5.91 Å². The van der Waals surface area contributed by atoms with Gasteiger partial charge in [-0.1, -0.05) is 0 Å². The molecule has 1 aliphatic heterocycles. The predicted octanol–water partition coefficient (Wildman–Crippen LogP) is 1.32. The molecule has 1 fully saturated rings. The highest BCUT2D eigenvalue weighted by Crippen LogP contribution is 2.15. The van der Waals surface area contributed by atoms with Crippen LogP contribution in [0.5, 0.6) is 0 Å². The van der Waals surface area contributed by atoms with Crippen LogP contribution in [0.2, 0.25) is 0 Å². The average molecular weight is 238 g/mol. The molecule has 17 heavy (non-hydrogen) atoms. The number of hydrogen-bond acceptors (Lipinski definition) is 3. The standard InChI is InChI=1S/C12H15FN2O2/c1-7-11(2-3-17-7)15-12(16)8-4-9(13)6-10(14)5-8/h4-7,11H,2-3,14H2,1H3,(H,15,16). The number of ether oxygens (including phenoxy) is 1. The van der Waals surface area contributed by atoms with E-state index in [0.29, 0.717) is 6.61 Å². The highest BCUT2D eigenvalue weighted by molar-refractivity contribution is 5.95. The number of anilines is 1. The van der Waals surface area contributed by atoms with Gasteiger partial charge in [-0.2, -0.15) is 0 Å². The van der Waals surface area contributed by atoms with Crippen LogP contribution in [-0.4, -0.2) is 24.7 Å². The van der Waals surface area contributed by atoms with Gasteiger partial charge in [0.05, 0.1) is 12.1 Å².